The molecule has 9 heteroatoms. The lowest BCUT2D eigenvalue weighted by Crippen LogP contribution is -2.43. The Balaban J connectivity index is 1.96. The summed E-state index contributed by atoms with van der Waals surface area (Å²) in [6.07, 6.45) is -1.47. The lowest BCUT2D eigenvalue weighted by Gasteiger charge is -2.22. The summed E-state index contributed by atoms with van der Waals surface area (Å²) in [4.78, 5) is 49.5. The van der Waals surface area contributed by atoms with E-state index < -0.39 is 41.6 Å². The van der Waals surface area contributed by atoms with Crippen LogP contribution in [0.15, 0.2) is 54.6 Å². The van der Waals surface area contributed by atoms with Gasteiger partial charge in [0, 0.05) is 5.56 Å². The summed E-state index contributed by atoms with van der Waals surface area (Å²) in [7, 11) is 0. The summed E-state index contributed by atoms with van der Waals surface area (Å²) in [6, 6.07) is 13.7. The van der Waals surface area contributed by atoms with E-state index in [-0.39, 0.29) is 17.9 Å². The fourth-order valence-electron chi connectivity index (χ4n) is 2.84. The van der Waals surface area contributed by atoms with Crippen molar-refractivity contribution in [3.05, 3.63) is 65.7 Å². The van der Waals surface area contributed by atoms with Gasteiger partial charge in [0.25, 0.3) is 0 Å². The minimum absolute atomic E-state index is 0.0703. The Morgan fingerprint density at radius 3 is 2.06 bits per heavy atom. The number of carbonyl (C=O) groups excluding carboxylic acids is 4. The van der Waals surface area contributed by atoms with Gasteiger partial charge in [-0.3, -0.25) is 9.59 Å². The van der Waals surface area contributed by atoms with Gasteiger partial charge >= 0.3 is 12.2 Å². The Kier molecular flexibility index (Phi) is 9.18. The second-order valence-electron chi connectivity index (χ2n) is 8.69. The molecule has 182 valence electrons. The van der Waals surface area contributed by atoms with Crippen LogP contribution in [0.2, 0.25) is 0 Å². The number of nitrogens with one attached hydrogen (secondary N) is 3. The van der Waals surface area contributed by atoms with E-state index in [0.717, 1.165) is 5.56 Å². The molecule has 2 atom stereocenters. The summed E-state index contributed by atoms with van der Waals surface area (Å²) < 4.78 is 10.3. The van der Waals surface area contributed by atoms with Crippen molar-refractivity contribution >= 4 is 29.6 Å². The van der Waals surface area contributed by atoms with E-state index in [9.17, 15) is 19.2 Å². The number of benzene rings is 2. The van der Waals surface area contributed by atoms with Crippen LogP contribution >= 0.6 is 0 Å². The van der Waals surface area contributed by atoms with Crippen LogP contribution in [0.4, 0.5) is 15.3 Å². The number of ether oxygens (including phenoxy) is 2. The molecule has 0 bridgehead atoms. The molecule has 0 spiro atoms. The standard InChI is InChI=1S/C25H31N3O6/c1-16(26-24(32)34-25(3,4)5)21(29)19-13-9-10-14-20(19)28-22(30)17(2)27-23(31)33-15-18-11-7-6-8-12-18/h6-14,16-17H,15H2,1-5H3,(H,26,32)(H,27,31)(H,28,30)/t16-,17-/m0/s1. The van der Waals surface area contributed by atoms with Gasteiger partial charge in [0.15, 0.2) is 5.78 Å². The van der Waals surface area contributed by atoms with Crippen LogP contribution in [0.5, 0.6) is 0 Å². The molecule has 0 aliphatic carbocycles. The average molecular weight is 470 g/mol. The highest BCUT2D eigenvalue weighted by Crippen LogP contribution is 2.18. The number of ketones is 1. The number of alkyl carbamates (subject to hydrolysis) is 2. The molecule has 9 nitrogen and oxygen atoms in total. The van der Waals surface area contributed by atoms with Gasteiger partial charge in [-0.2, -0.15) is 0 Å². The smallest absolute Gasteiger partial charge is 0.408 e. The number of amides is 3. The van der Waals surface area contributed by atoms with Crippen LogP contribution in [0, 0.1) is 0 Å². The number of Topliss-reactive ketones (excluding diaryl/α,β-unsaturated/α-hetero) is 1. The lowest BCUT2D eigenvalue weighted by molar-refractivity contribution is -0.117. The van der Waals surface area contributed by atoms with Gasteiger partial charge in [0.2, 0.25) is 5.91 Å². The predicted molar refractivity (Wildman–Crippen MR) is 127 cm³/mol. The van der Waals surface area contributed by atoms with Crippen LogP contribution in [0.3, 0.4) is 0 Å². The minimum atomic E-state index is -0.927. The van der Waals surface area contributed by atoms with E-state index in [0.29, 0.717) is 0 Å². The molecule has 3 N–H and O–H groups in total. The molecule has 0 fully saturated rings. The second-order valence-corrected chi connectivity index (χ2v) is 8.69. The third-order valence-corrected chi connectivity index (χ3v) is 4.52. The van der Waals surface area contributed by atoms with Crippen LogP contribution in [0.25, 0.3) is 0 Å². The van der Waals surface area contributed by atoms with Crippen molar-refractivity contribution in [3.8, 4) is 0 Å². The Morgan fingerprint density at radius 1 is 0.824 bits per heavy atom. The maximum Gasteiger partial charge on any atom is 0.408 e. The van der Waals surface area contributed by atoms with E-state index in [1.54, 1.807) is 39.0 Å². The Labute approximate surface area is 199 Å². The number of hydrogen-bond donors (Lipinski definition) is 3. The minimum Gasteiger partial charge on any atom is -0.445 e. The van der Waals surface area contributed by atoms with E-state index in [1.165, 1.54) is 19.9 Å². The van der Waals surface area contributed by atoms with Gasteiger partial charge in [-0.15, -0.1) is 0 Å². The number of carbonyl (C=O) groups is 4. The first-order valence-electron chi connectivity index (χ1n) is 10.9. The van der Waals surface area contributed by atoms with Gasteiger partial charge in [-0.1, -0.05) is 42.5 Å². The Hall–Kier alpha value is -3.88. The molecule has 0 heterocycles. The molecule has 2 rings (SSSR count). The maximum absolute atomic E-state index is 12.9. The van der Waals surface area contributed by atoms with Crippen molar-refractivity contribution in [2.24, 2.45) is 0 Å². The zero-order valence-corrected chi connectivity index (χ0v) is 20.0. The summed E-state index contributed by atoms with van der Waals surface area (Å²) >= 11 is 0. The van der Waals surface area contributed by atoms with Crippen LogP contribution < -0.4 is 16.0 Å². The van der Waals surface area contributed by atoms with Crippen molar-refractivity contribution in [1.82, 2.24) is 10.6 Å². The van der Waals surface area contributed by atoms with Gasteiger partial charge in [0.1, 0.15) is 18.2 Å². The Bertz CT molecular complexity index is 1020. The zero-order valence-electron chi connectivity index (χ0n) is 20.0. The topological polar surface area (TPSA) is 123 Å². The molecule has 0 saturated heterocycles. The van der Waals surface area contributed by atoms with Gasteiger partial charge in [-0.25, -0.2) is 9.59 Å². The number of hydrogen-bond acceptors (Lipinski definition) is 6. The molecule has 0 aromatic heterocycles. The van der Waals surface area contributed by atoms with Crippen molar-refractivity contribution in [2.45, 2.75) is 58.9 Å². The van der Waals surface area contributed by atoms with Crippen molar-refractivity contribution in [3.63, 3.8) is 0 Å². The molecule has 2 aromatic rings. The van der Waals surface area contributed by atoms with Gasteiger partial charge < -0.3 is 25.4 Å². The number of para-hydroxylation sites is 1. The summed E-state index contributed by atoms with van der Waals surface area (Å²) in [6.45, 7) is 8.25. The molecule has 2 aromatic carbocycles. The molecule has 0 aliphatic rings. The largest absolute Gasteiger partial charge is 0.445 e. The highest BCUT2D eigenvalue weighted by atomic mass is 16.6. The molecule has 0 unspecified atom stereocenters. The van der Waals surface area contributed by atoms with Crippen molar-refractivity contribution in [1.29, 1.82) is 0 Å². The van der Waals surface area contributed by atoms with Crippen molar-refractivity contribution < 1.29 is 28.7 Å². The monoisotopic (exact) mass is 469 g/mol. The first kappa shape index (κ1) is 26.4. The summed E-state index contributed by atoms with van der Waals surface area (Å²) in [5.41, 5.74) is 0.570. The van der Waals surface area contributed by atoms with Crippen LogP contribution in [-0.2, 0) is 20.9 Å². The predicted octanol–water partition coefficient (Wildman–Crippen LogP) is 4.04. The number of anilines is 1. The zero-order chi connectivity index (χ0) is 25.3. The third-order valence-electron chi connectivity index (χ3n) is 4.52. The molecule has 34 heavy (non-hydrogen) atoms. The maximum atomic E-state index is 12.9. The lowest BCUT2D eigenvalue weighted by atomic mass is 10.0. The molecular formula is C25H31N3O6. The Morgan fingerprint density at radius 2 is 1.41 bits per heavy atom. The van der Waals surface area contributed by atoms with E-state index in [4.69, 9.17) is 9.47 Å². The molecular weight excluding hydrogens is 438 g/mol. The molecule has 3 amide bonds. The van der Waals surface area contributed by atoms with E-state index >= 15 is 0 Å². The SMILES string of the molecule is C[C@H](NC(=O)OCc1ccccc1)C(=O)Nc1ccccc1C(=O)[C@H](C)NC(=O)OC(C)(C)C. The first-order valence-corrected chi connectivity index (χ1v) is 10.9. The van der Waals surface area contributed by atoms with Gasteiger partial charge in [-0.05, 0) is 52.3 Å². The number of rotatable bonds is 8. The first-order chi connectivity index (χ1) is 16.0. The normalized spacial score (nSPS) is 12.6. The van der Waals surface area contributed by atoms with Gasteiger partial charge in [0.05, 0.1) is 11.7 Å². The molecule has 0 radical (unpaired) electrons. The third kappa shape index (κ3) is 8.57. The molecule has 0 saturated carbocycles. The fraction of sp³-hybridized carbons (Fsp3) is 0.360. The van der Waals surface area contributed by atoms with E-state index in [1.807, 2.05) is 30.3 Å². The summed E-state index contributed by atoms with van der Waals surface area (Å²) in [5, 5.41) is 7.60. The van der Waals surface area contributed by atoms with E-state index in [2.05, 4.69) is 16.0 Å². The quantitative estimate of drug-likeness (QED) is 0.502. The molecule has 0 aliphatic heterocycles. The average Bonchev–Trinajstić information content (AvgIpc) is 2.76. The van der Waals surface area contributed by atoms with Crippen molar-refractivity contribution in [2.75, 3.05) is 5.32 Å². The summed E-state index contributed by atoms with van der Waals surface area (Å²) in [5.74, 6) is -0.950. The fourth-order valence-corrected chi connectivity index (χ4v) is 2.84. The van der Waals surface area contributed by atoms with Crippen LogP contribution in [-0.4, -0.2) is 41.6 Å². The highest BCUT2D eigenvalue weighted by molar-refractivity contribution is 6.08. The second kappa shape index (κ2) is 11.8. The highest BCUT2D eigenvalue weighted by Gasteiger charge is 2.25. The van der Waals surface area contributed by atoms with Crippen LogP contribution in [0.1, 0.15) is 50.5 Å².